The molecule has 4 aromatic carbocycles. The molecule has 1 amide bonds. The third kappa shape index (κ3) is 5.52. The van der Waals surface area contributed by atoms with E-state index >= 15 is 0 Å². The molecule has 0 unspecified atom stereocenters. The molecular formula is C28H23IN2O3. The molecular weight excluding hydrogens is 539 g/mol. The zero-order valence-corrected chi connectivity index (χ0v) is 20.4. The lowest BCUT2D eigenvalue weighted by atomic mass is 9.85. The van der Waals surface area contributed by atoms with Gasteiger partial charge in [-0.05, 0) is 63.0 Å². The van der Waals surface area contributed by atoms with Gasteiger partial charge in [0.25, 0.3) is 5.91 Å². The molecule has 4 aromatic rings. The molecule has 0 atom stereocenters. The van der Waals surface area contributed by atoms with Crippen LogP contribution in [0.2, 0.25) is 0 Å². The molecule has 2 N–H and O–H groups in total. The lowest BCUT2D eigenvalue weighted by Crippen LogP contribution is -2.43. The predicted octanol–water partition coefficient (Wildman–Crippen LogP) is 5.26. The predicted molar refractivity (Wildman–Crippen MR) is 142 cm³/mol. The van der Waals surface area contributed by atoms with E-state index in [0.717, 1.165) is 20.4 Å². The van der Waals surface area contributed by atoms with Crippen LogP contribution in [0.25, 0.3) is 0 Å². The first-order chi connectivity index (χ1) is 16.6. The van der Waals surface area contributed by atoms with Gasteiger partial charge in [-0.15, -0.1) is 0 Å². The molecule has 0 bridgehead atoms. The van der Waals surface area contributed by atoms with Gasteiger partial charge in [-0.25, -0.2) is 5.43 Å². The van der Waals surface area contributed by atoms with Crippen LogP contribution in [-0.2, 0) is 17.0 Å². The summed E-state index contributed by atoms with van der Waals surface area (Å²) in [5, 5.41) is 15.5. The summed E-state index contributed by atoms with van der Waals surface area (Å²) in [4.78, 5) is 13.1. The highest BCUT2D eigenvalue weighted by molar-refractivity contribution is 14.1. The van der Waals surface area contributed by atoms with Crippen molar-refractivity contribution in [3.8, 4) is 5.75 Å². The number of amides is 1. The lowest BCUT2D eigenvalue weighted by molar-refractivity contribution is -0.136. The summed E-state index contributed by atoms with van der Waals surface area (Å²) in [5.74, 6) is 0.131. The normalized spacial score (nSPS) is 11.4. The lowest BCUT2D eigenvalue weighted by Gasteiger charge is -2.27. The summed E-state index contributed by atoms with van der Waals surface area (Å²) >= 11 is 2.21. The first-order valence-corrected chi connectivity index (χ1v) is 11.8. The molecule has 6 heteroatoms. The summed E-state index contributed by atoms with van der Waals surface area (Å²) in [7, 11) is 0. The van der Waals surface area contributed by atoms with E-state index in [4.69, 9.17) is 4.74 Å². The van der Waals surface area contributed by atoms with Gasteiger partial charge in [0.1, 0.15) is 12.4 Å². The van der Waals surface area contributed by atoms with Crippen molar-refractivity contribution in [3.63, 3.8) is 0 Å². The highest BCUT2D eigenvalue weighted by Crippen LogP contribution is 2.30. The van der Waals surface area contributed by atoms with Crippen molar-refractivity contribution < 1.29 is 14.6 Å². The Bertz CT molecular complexity index is 1220. The van der Waals surface area contributed by atoms with Crippen LogP contribution in [0.4, 0.5) is 0 Å². The minimum Gasteiger partial charge on any atom is -0.488 e. The highest BCUT2D eigenvalue weighted by Gasteiger charge is 2.39. The molecule has 0 aliphatic rings. The van der Waals surface area contributed by atoms with Gasteiger partial charge in [-0.1, -0.05) is 91.0 Å². The number of hydrogen-bond donors (Lipinski definition) is 2. The van der Waals surface area contributed by atoms with E-state index in [2.05, 4.69) is 33.1 Å². The average Bonchev–Trinajstić information content (AvgIpc) is 2.89. The highest BCUT2D eigenvalue weighted by atomic mass is 127. The third-order valence-electron chi connectivity index (χ3n) is 5.28. The number of benzene rings is 4. The Balaban J connectivity index is 1.46. The molecule has 5 nitrogen and oxygen atoms in total. The summed E-state index contributed by atoms with van der Waals surface area (Å²) in [5.41, 5.74) is 3.43. The fourth-order valence-corrected chi connectivity index (χ4v) is 4.18. The zero-order chi connectivity index (χ0) is 23.8. The van der Waals surface area contributed by atoms with Crippen LogP contribution in [0.3, 0.4) is 0 Å². The monoisotopic (exact) mass is 562 g/mol. The van der Waals surface area contributed by atoms with Crippen molar-refractivity contribution in [1.29, 1.82) is 0 Å². The zero-order valence-electron chi connectivity index (χ0n) is 18.3. The molecule has 170 valence electrons. The topological polar surface area (TPSA) is 70.9 Å². The maximum absolute atomic E-state index is 13.1. The van der Waals surface area contributed by atoms with Gasteiger partial charge in [-0.3, -0.25) is 4.79 Å². The molecule has 0 radical (unpaired) electrons. The van der Waals surface area contributed by atoms with Crippen molar-refractivity contribution in [2.45, 2.75) is 12.2 Å². The number of rotatable bonds is 8. The number of nitrogens with zero attached hydrogens (tertiary/aromatic N) is 1. The second-order valence-electron chi connectivity index (χ2n) is 7.61. The van der Waals surface area contributed by atoms with Gasteiger partial charge in [0.15, 0.2) is 5.60 Å². The largest absolute Gasteiger partial charge is 0.488 e. The van der Waals surface area contributed by atoms with Crippen molar-refractivity contribution in [2.24, 2.45) is 5.10 Å². The summed E-state index contributed by atoms with van der Waals surface area (Å²) in [6, 6.07) is 33.3. The SMILES string of the molecule is O=C(N/N=C/c1ccc(OCc2ccccc2)c(I)c1)C(O)(c1ccccc1)c1ccccc1. The Labute approximate surface area is 212 Å². The number of hydrogen-bond acceptors (Lipinski definition) is 4. The molecule has 0 saturated heterocycles. The maximum Gasteiger partial charge on any atom is 0.281 e. The Kier molecular flexibility index (Phi) is 7.72. The average molecular weight is 562 g/mol. The van der Waals surface area contributed by atoms with Gasteiger partial charge in [-0.2, -0.15) is 5.10 Å². The van der Waals surface area contributed by atoms with Gasteiger partial charge in [0.05, 0.1) is 9.78 Å². The minimum absolute atomic E-state index is 0.461. The second kappa shape index (κ2) is 11.1. The number of carbonyl (C=O) groups excluding carboxylic acids is 1. The van der Waals surface area contributed by atoms with Crippen LogP contribution >= 0.6 is 22.6 Å². The van der Waals surface area contributed by atoms with E-state index in [0.29, 0.717) is 17.7 Å². The number of nitrogens with one attached hydrogen (secondary N) is 1. The van der Waals surface area contributed by atoms with Gasteiger partial charge in [0.2, 0.25) is 0 Å². The molecule has 0 spiro atoms. The molecule has 0 heterocycles. The number of carbonyl (C=O) groups is 1. The third-order valence-corrected chi connectivity index (χ3v) is 6.13. The van der Waals surface area contributed by atoms with Crippen molar-refractivity contribution in [1.82, 2.24) is 5.43 Å². The van der Waals surface area contributed by atoms with Crippen LogP contribution in [0.15, 0.2) is 114 Å². The fourth-order valence-electron chi connectivity index (χ4n) is 3.48. The van der Waals surface area contributed by atoms with Gasteiger partial charge in [0, 0.05) is 0 Å². The number of ether oxygens (including phenoxy) is 1. The van der Waals surface area contributed by atoms with Crippen LogP contribution in [-0.4, -0.2) is 17.2 Å². The molecule has 0 aromatic heterocycles. The molecule has 4 rings (SSSR count). The van der Waals surface area contributed by atoms with Crippen LogP contribution in [0.5, 0.6) is 5.75 Å². The van der Waals surface area contributed by atoms with E-state index < -0.39 is 11.5 Å². The second-order valence-corrected chi connectivity index (χ2v) is 8.77. The first kappa shape index (κ1) is 23.7. The smallest absolute Gasteiger partial charge is 0.281 e. The van der Waals surface area contributed by atoms with E-state index in [1.807, 2.05) is 60.7 Å². The number of aliphatic hydroxyl groups is 1. The quantitative estimate of drug-likeness (QED) is 0.175. The van der Waals surface area contributed by atoms with Crippen molar-refractivity contribution in [3.05, 3.63) is 135 Å². The van der Waals surface area contributed by atoms with Crippen molar-refractivity contribution >= 4 is 34.7 Å². The first-order valence-electron chi connectivity index (χ1n) is 10.7. The van der Waals surface area contributed by atoms with E-state index in [-0.39, 0.29) is 0 Å². The number of halogens is 1. The molecule has 0 saturated carbocycles. The fraction of sp³-hybridized carbons (Fsp3) is 0.0714. The summed E-state index contributed by atoms with van der Waals surface area (Å²) in [6.45, 7) is 0.484. The van der Waals surface area contributed by atoms with Gasteiger partial charge < -0.3 is 9.84 Å². The van der Waals surface area contributed by atoms with Crippen LogP contribution < -0.4 is 10.2 Å². The maximum atomic E-state index is 13.1. The molecule has 0 aliphatic heterocycles. The Morgan fingerprint density at radius 1 is 0.882 bits per heavy atom. The van der Waals surface area contributed by atoms with Gasteiger partial charge >= 0.3 is 0 Å². The summed E-state index contributed by atoms with van der Waals surface area (Å²) < 4.78 is 6.83. The number of hydrazone groups is 1. The van der Waals surface area contributed by atoms with E-state index in [9.17, 15) is 9.90 Å². The van der Waals surface area contributed by atoms with E-state index in [1.54, 1.807) is 48.5 Å². The van der Waals surface area contributed by atoms with Crippen LogP contribution in [0.1, 0.15) is 22.3 Å². The Hall–Kier alpha value is -3.49. The van der Waals surface area contributed by atoms with E-state index in [1.165, 1.54) is 6.21 Å². The Morgan fingerprint density at radius 3 is 2.00 bits per heavy atom. The molecule has 34 heavy (non-hydrogen) atoms. The molecule has 0 aliphatic carbocycles. The summed E-state index contributed by atoms with van der Waals surface area (Å²) in [6.07, 6.45) is 1.54. The minimum atomic E-state index is -1.87. The Morgan fingerprint density at radius 2 is 1.44 bits per heavy atom. The van der Waals surface area contributed by atoms with Crippen LogP contribution in [0, 0.1) is 3.57 Å². The standard InChI is InChI=1S/C28H23IN2O3/c29-25-18-22(16-17-26(25)34-20-21-10-4-1-5-11-21)19-30-31-27(32)28(33,23-12-6-2-7-13-23)24-14-8-3-9-15-24/h1-19,33H,20H2,(H,31,32)/b30-19+. The van der Waals surface area contributed by atoms with Crippen molar-refractivity contribution in [2.75, 3.05) is 0 Å². The molecule has 0 fully saturated rings.